The predicted octanol–water partition coefficient (Wildman–Crippen LogP) is 4.74. The Balaban J connectivity index is 1.95. The average Bonchev–Trinajstić information content (AvgIpc) is 2.82. The van der Waals surface area contributed by atoms with Crippen molar-refractivity contribution in [2.45, 2.75) is 45.3 Å². The van der Waals surface area contributed by atoms with Crippen LogP contribution in [0.3, 0.4) is 0 Å². The van der Waals surface area contributed by atoms with Gasteiger partial charge < -0.3 is 0 Å². The van der Waals surface area contributed by atoms with Crippen LogP contribution in [0, 0.1) is 25.7 Å². The van der Waals surface area contributed by atoms with E-state index < -0.39 is 8.07 Å². The summed E-state index contributed by atoms with van der Waals surface area (Å²) in [5.74, 6) is 1.60. The van der Waals surface area contributed by atoms with Crippen molar-refractivity contribution in [3.63, 3.8) is 0 Å². The molecule has 0 bridgehead atoms. The van der Waals surface area contributed by atoms with Gasteiger partial charge in [0, 0.05) is 0 Å². The highest BCUT2D eigenvalue weighted by Crippen LogP contribution is 2.49. The van der Waals surface area contributed by atoms with Gasteiger partial charge in [-0.25, -0.2) is 0 Å². The van der Waals surface area contributed by atoms with E-state index in [-0.39, 0.29) is 0 Å². The molecule has 3 rings (SSSR count). The van der Waals surface area contributed by atoms with Gasteiger partial charge in [-0.15, -0.1) is 0 Å². The third kappa shape index (κ3) is 2.33. The van der Waals surface area contributed by atoms with E-state index in [2.05, 4.69) is 69.4 Å². The highest BCUT2D eigenvalue weighted by molar-refractivity contribution is 6.91. The van der Waals surface area contributed by atoms with E-state index in [1.54, 1.807) is 5.19 Å². The topological polar surface area (TPSA) is 0 Å². The first-order valence-electron chi connectivity index (χ1n) is 7.92. The Kier molecular flexibility index (Phi) is 3.49. The fourth-order valence-corrected chi connectivity index (χ4v) is 8.20. The summed E-state index contributed by atoms with van der Waals surface area (Å²) >= 11 is 0. The van der Waals surface area contributed by atoms with E-state index in [4.69, 9.17) is 0 Å². The first-order chi connectivity index (χ1) is 9.48. The predicted molar refractivity (Wildman–Crippen MR) is 91.3 cm³/mol. The Morgan fingerprint density at radius 3 is 2.25 bits per heavy atom. The summed E-state index contributed by atoms with van der Waals surface area (Å²) in [6, 6.07) is 7.21. The van der Waals surface area contributed by atoms with Crippen LogP contribution in [0.25, 0.3) is 0 Å². The first-order valence-corrected chi connectivity index (χ1v) is 11.0. The largest absolute Gasteiger partial charge is 0.0843 e. The first kappa shape index (κ1) is 13.9. The summed E-state index contributed by atoms with van der Waals surface area (Å²) in [6.45, 7) is 9.64. The molecule has 0 amide bonds. The molecule has 106 valence electrons. The molecule has 0 N–H and O–H groups in total. The van der Waals surface area contributed by atoms with Gasteiger partial charge in [-0.3, -0.25) is 0 Å². The third-order valence-corrected chi connectivity index (χ3v) is 9.77. The van der Waals surface area contributed by atoms with Gasteiger partial charge in [0.25, 0.3) is 0 Å². The molecule has 0 heterocycles. The summed E-state index contributed by atoms with van der Waals surface area (Å²) in [5, 5.41) is 1.66. The third-order valence-electron chi connectivity index (χ3n) is 5.47. The molecule has 1 saturated carbocycles. The zero-order valence-electron chi connectivity index (χ0n) is 13.2. The van der Waals surface area contributed by atoms with Crippen LogP contribution in [-0.4, -0.2) is 8.07 Å². The lowest BCUT2D eigenvalue weighted by Crippen LogP contribution is -2.47. The van der Waals surface area contributed by atoms with Crippen molar-refractivity contribution in [1.82, 2.24) is 0 Å². The smallest absolute Gasteiger partial charge is 0.0808 e. The molecule has 1 aromatic rings. The van der Waals surface area contributed by atoms with Crippen LogP contribution in [0.5, 0.6) is 0 Å². The summed E-state index contributed by atoms with van der Waals surface area (Å²) in [4.78, 5) is 0. The van der Waals surface area contributed by atoms with E-state index in [0.717, 1.165) is 17.4 Å². The van der Waals surface area contributed by atoms with Crippen molar-refractivity contribution in [2.75, 3.05) is 0 Å². The molecule has 0 aliphatic heterocycles. The Morgan fingerprint density at radius 2 is 1.55 bits per heavy atom. The van der Waals surface area contributed by atoms with Gasteiger partial charge in [0.15, 0.2) is 0 Å². The van der Waals surface area contributed by atoms with Crippen molar-refractivity contribution in [1.29, 1.82) is 0 Å². The highest BCUT2D eigenvalue weighted by Gasteiger charge is 2.44. The van der Waals surface area contributed by atoms with E-state index in [1.807, 2.05) is 0 Å². The van der Waals surface area contributed by atoms with Crippen molar-refractivity contribution in [2.24, 2.45) is 11.8 Å². The van der Waals surface area contributed by atoms with Crippen LogP contribution in [0.2, 0.25) is 18.6 Å². The lowest BCUT2D eigenvalue weighted by atomic mass is 9.92. The highest BCUT2D eigenvalue weighted by atomic mass is 28.3. The van der Waals surface area contributed by atoms with Crippen LogP contribution in [0.4, 0.5) is 0 Å². The second-order valence-electron chi connectivity index (χ2n) is 7.29. The molecule has 0 spiro atoms. The van der Waals surface area contributed by atoms with Crippen LogP contribution in [-0.2, 0) is 0 Å². The quantitative estimate of drug-likeness (QED) is 0.687. The Labute approximate surface area is 124 Å². The molecule has 0 aromatic heterocycles. The van der Waals surface area contributed by atoms with Crippen molar-refractivity contribution in [3.05, 3.63) is 53.6 Å². The van der Waals surface area contributed by atoms with Gasteiger partial charge in [0.2, 0.25) is 0 Å². The Hall–Kier alpha value is -1.08. The molecular formula is C19H26Si. The van der Waals surface area contributed by atoms with Crippen LogP contribution >= 0.6 is 0 Å². The molecule has 20 heavy (non-hydrogen) atoms. The maximum Gasteiger partial charge on any atom is 0.0843 e. The SMILES string of the molecule is Cc1cc(C)cc([Si](C)(C)C2CCC3C=CC=CC32)c1. The number of rotatable bonds is 2. The van der Waals surface area contributed by atoms with Gasteiger partial charge >= 0.3 is 0 Å². The van der Waals surface area contributed by atoms with E-state index in [0.29, 0.717) is 0 Å². The zero-order chi connectivity index (χ0) is 14.3. The van der Waals surface area contributed by atoms with Gasteiger partial charge in [-0.1, -0.05) is 78.3 Å². The van der Waals surface area contributed by atoms with Crippen LogP contribution in [0.1, 0.15) is 24.0 Å². The number of hydrogen-bond acceptors (Lipinski definition) is 0. The average molecular weight is 283 g/mol. The summed E-state index contributed by atoms with van der Waals surface area (Å²) in [6.07, 6.45) is 12.2. The second kappa shape index (κ2) is 5.03. The zero-order valence-corrected chi connectivity index (χ0v) is 14.2. The number of fused-ring (bicyclic) bond motifs is 1. The minimum absolute atomic E-state index is 0.794. The summed E-state index contributed by atoms with van der Waals surface area (Å²) in [7, 11) is -1.40. The fourth-order valence-electron chi connectivity index (χ4n) is 4.36. The molecule has 0 nitrogen and oxygen atoms in total. The molecule has 2 aliphatic carbocycles. The standard InChI is InChI=1S/C19H26Si/c1-14-11-15(2)13-17(12-14)20(3,4)19-10-9-16-7-5-6-8-18(16)19/h5-8,11-13,16,18-19H,9-10H2,1-4H3. The Bertz CT molecular complexity index is 545. The molecule has 3 atom stereocenters. The lowest BCUT2D eigenvalue weighted by Gasteiger charge is -2.35. The molecule has 0 saturated heterocycles. The van der Waals surface area contributed by atoms with Crippen LogP contribution < -0.4 is 5.19 Å². The maximum absolute atomic E-state index is 2.58. The van der Waals surface area contributed by atoms with Gasteiger partial charge in [-0.05, 0) is 37.6 Å². The van der Waals surface area contributed by atoms with E-state index in [1.165, 1.54) is 24.0 Å². The molecule has 1 aromatic carbocycles. The van der Waals surface area contributed by atoms with Crippen molar-refractivity contribution < 1.29 is 0 Å². The normalized spacial score (nSPS) is 28.7. The summed E-state index contributed by atoms with van der Waals surface area (Å²) in [5.41, 5.74) is 3.75. The van der Waals surface area contributed by atoms with E-state index in [9.17, 15) is 0 Å². The van der Waals surface area contributed by atoms with Gasteiger partial charge in [0.1, 0.15) is 0 Å². The molecule has 2 aliphatic rings. The maximum atomic E-state index is 2.58. The molecule has 0 radical (unpaired) electrons. The number of allylic oxidation sites excluding steroid dienone is 4. The number of benzene rings is 1. The monoisotopic (exact) mass is 282 g/mol. The van der Waals surface area contributed by atoms with Gasteiger partial charge in [0.05, 0.1) is 8.07 Å². The van der Waals surface area contributed by atoms with E-state index >= 15 is 0 Å². The molecule has 1 heteroatoms. The second-order valence-corrected chi connectivity index (χ2v) is 12.1. The molecule has 1 fully saturated rings. The number of aryl methyl sites for hydroxylation is 2. The lowest BCUT2D eigenvalue weighted by molar-refractivity contribution is 0.546. The Morgan fingerprint density at radius 1 is 0.900 bits per heavy atom. The fraction of sp³-hybridized carbons (Fsp3) is 0.474. The molecule has 3 unspecified atom stereocenters. The summed E-state index contributed by atoms with van der Waals surface area (Å²) < 4.78 is 0. The minimum atomic E-state index is -1.40. The minimum Gasteiger partial charge on any atom is -0.0808 e. The van der Waals surface area contributed by atoms with Crippen molar-refractivity contribution in [3.8, 4) is 0 Å². The molecular weight excluding hydrogens is 256 g/mol. The van der Waals surface area contributed by atoms with Gasteiger partial charge in [-0.2, -0.15) is 0 Å². The van der Waals surface area contributed by atoms with Crippen molar-refractivity contribution >= 4 is 13.3 Å². The van der Waals surface area contributed by atoms with Crippen LogP contribution in [0.15, 0.2) is 42.5 Å². The number of hydrogen-bond donors (Lipinski definition) is 0.